The number of carbonyl (C=O) groups excluding carboxylic acids is 1. The normalized spacial score (nSPS) is 11.5. The summed E-state index contributed by atoms with van der Waals surface area (Å²) in [6.07, 6.45) is -0.790. The molecule has 0 saturated carbocycles. The summed E-state index contributed by atoms with van der Waals surface area (Å²) in [5.74, 6) is -3.61. The highest BCUT2D eigenvalue weighted by Gasteiger charge is 2.23. The fourth-order valence-electron chi connectivity index (χ4n) is 1.30. The Labute approximate surface area is 120 Å². The number of carboxylic acids is 2. The molecule has 0 fully saturated rings. The maximum atomic E-state index is 13.4. The van der Waals surface area contributed by atoms with E-state index >= 15 is 0 Å². The highest BCUT2D eigenvalue weighted by atomic mass is 79.9. The van der Waals surface area contributed by atoms with Gasteiger partial charge in [0.25, 0.3) is 0 Å². The summed E-state index contributed by atoms with van der Waals surface area (Å²) in [5.41, 5.74) is -0.176. The van der Waals surface area contributed by atoms with Crippen molar-refractivity contribution < 1.29 is 29.0 Å². The van der Waals surface area contributed by atoms with E-state index in [9.17, 15) is 18.8 Å². The number of halogens is 2. The molecule has 2 amide bonds. The first-order valence-corrected chi connectivity index (χ1v) is 6.06. The number of carboxylic acid groups (broad SMARTS) is 2. The van der Waals surface area contributed by atoms with E-state index in [2.05, 4.69) is 21.2 Å². The third-order valence-corrected chi connectivity index (χ3v) is 2.84. The van der Waals surface area contributed by atoms with Crippen LogP contribution in [0.15, 0.2) is 22.7 Å². The lowest BCUT2D eigenvalue weighted by Crippen LogP contribution is -2.44. The van der Waals surface area contributed by atoms with Gasteiger partial charge in [-0.1, -0.05) is 6.07 Å². The van der Waals surface area contributed by atoms with Gasteiger partial charge in [-0.05, 0) is 28.1 Å². The molecule has 1 aromatic rings. The molecule has 0 bridgehead atoms. The third-order valence-electron chi connectivity index (χ3n) is 2.18. The number of nitrogens with one attached hydrogen (secondary N) is 2. The van der Waals surface area contributed by atoms with Crippen molar-refractivity contribution in [3.8, 4) is 0 Å². The molecule has 0 heterocycles. The number of benzene rings is 1. The van der Waals surface area contributed by atoms with E-state index in [0.29, 0.717) is 0 Å². The van der Waals surface area contributed by atoms with E-state index in [1.54, 1.807) is 0 Å². The van der Waals surface area contributed by atoms with Crippen LogP contribution in [0.4, 0.5) is 14.9 Å². The summed E-state index contributed by atoms with van der Waals surface area (Å²) in [5, 5.41) is 21.3. The number of hydrogen-bond donors (Lipinski definition) is 4. The Morgan fingerprint density at radius 1 is 1.30 bits per heavy atom. The molecule has 0 spiro atoms. The van der Waals surface area contributed by atoms with Crippen molar-refractivity contribution >= 4 is 39.6 Å². The zero-order chi connectivity index (χ0) is 15.3. The Kier molecular flexibility index (Phi) is 5.44. The van der Waals surface area contributed by atoms with Gasteiger partial charge in [0, 0.05) is 4.47 Å². The van der Waals surface area contributed by atoms with Gasteiger partial charge in [0.2, 0.25) is 0 Å². The van der Waals surface area contributed by atoms with Crippen LogP contribution in [0.25, 0.3) is 0 Å². The monoisotopic (exact) mass is 348 g/mol. The van der Waals surface area contributed by atoms with Crippen LogP contribution in [0.1, 0.15) is 6.42 Å². The Hall–Kier alpha value is -2.16. The SMILES string of the molecule is O=C(O)CC(NC(=O)Nc1c(F)cccc1Br)C(=O)O. The average molecular weight is 349 g/mol. The fourth-order valence-corrected chi connectivity index (χ4v) is 1.74. The van der Waals surface area contributed by atoms with Gasteiger partial charge in [0.1, 0.15) is 11.9 Å². The van der Waals surface area contributed by atoms with Gasteiger partial charge < -0.3 is 20.8 Å². The lowest BCUT2D eigenvalue weighted by Gasteiger charge is -2.14. The first kappa shape index (κ1) is 15.9. The molecule has 1 rings (SSSR count). The zero-order valence-corrected chi connectivity index (χ0v) is 11.5. The lowest BCUT2D eigenvalue weighted by atomic mass is 10.2. The van der Waals surface area contributed by atoms with Crippen molar-refractivity contribution in [3.63, 3.8) is 0 Å². The first-order valence-electron chi connectivity index (χ1n) is 5.27. The largest absolute Gasteiger partial charge is 0.481 e. The topological polar surface area (TPSA) is 116 Å². The zero-order valence-electron chi connectivity index (χ0n) is 9.89. The highest BCUT2D eigenvalue weighted by Crippen LogP contribution is 2.24. The average Bonchev–Trinajstić information content (AvgIpc) is 2.32. The molecule has 108 valence electrons. The Balaban J connectivity index is 2.76. The summed E-state index contributed by atoms with van der Waals surface area (Å²) < 4.78 is 13.7. The Bertz CT molecular complexity index is 531. The second-order valence-electron chi connectivity index (χ2n) is 3.68. The van der Waals surface area contributed by atoms with Gasteiger partial charge in [-0.15, -0.1) is 0 Å². The third kappa shape index (κ3) is 4.50. The molecule has 0 saturated heterocycles. The van der Waals surface area contributed by atoms with Crippen molar-refractivity contribution in [2.45, 2.75) is 12.5 Å². The predicted octanol–water partition coefficient (Wildman–Crippen LogP) is 1.64. The van der Waals surface area contributed by atoms with Gasteiger partial charge in [0.15, 0.2) is 0 Å². The summed E-state index contributed by atoms with van der Waals surface area (Å²) in [7, 11) is 0. The molecule has 9 heteroatoms. The number of amides is 2. The minimum Gasteiger partial charge on any atom is -0.481 e. The van der Waals surface area contributed by atoms with Crippen LogP contribution in [0.3, 0.4) is 0 Å². The van der Waals surface area contributed by atoms with Crippen LogP contribution < -0.4 is 10.6 Å². The van der Waals surface area contributed by atoms with Crippen molar-refractivity contribution in [1.29, 1.82) is 0 Å². The molecule has 4 N–H and O–H groups in total. The molecule has 0 aliphatic heterocycles. The van der Waals surface area contributed by atoms with Gasteiger partial charge >= 0.3 is 18.0 Å². The maximum absolute atomic E-state index is 13.4. The quantitative estimate of drug-likeness (QED) is 0.645. The van der Waals surface area contributed by atoms with Crippen LogP contribution in [0.5, 0.6) is 0 Å². The van der Waals surface area contributed by atoms with E-state index in [4.69, 9.17) is 10.2 Å². The number of rotatable bonds is 5. The minimum absolute atomic E-state index is 0.176. The van der Waals surface area contributed by atoms with Crippen LogP contribution in [-0.2, 0) is 9.59 Å². The van der Waals surface area contributed by atoms with Crippen LogP contribution in [0, 0.1) is 5.82 Å². The molecule has 0 aliphatic rings. The molecular formula is C11H10BrFN2O5. The van der Waals surface area contributed by atoms with E-state index in [0.717, 1.165) is 6.07 Å². The molecule has 1 atom stereocenters. The standard InChI is InChI=1S/C11H10BrFN2O5/c12-5-2-1-3-6(13)9(5)15-11(20)14-7(10(18)19)4-8(16)17/h1-3,7H,4H2,(H,16,17)(H,18,19)(H2,14,15,20). The molecule has 1 aromatic carbocycles. The lowest BCUT2D eigenvalue weighted by molar-refractivity contribution is -0.145. The smallest absolute Gasteiger partial charge is 0.326 e. The Morgan fingerprint density at radius 3 is 2.45 bits per heavy atom. The summed E-state index contributed by atoms with van der Waals surface area (Å²) in [6, 6.07) is 1.35. The number of anilines is 1. The van der Waals surface area contributed by atoms with Crippen molar-refractivity contribution in [1.82, 2.24) is 5.32 Å². The van der Waals surface area contributed by atoms with Gasteiger partial charge in [-0.2, -0.15) is 0 Å². The highest BCUT2D eigenvalue weighted by molar-refractivity contribution is 9.10. The summed E-state index contributed by atoms with van der Waals surface area (Å²) in [6.45, 7) is 0. The minimum atomic E-state index is -1.61. The second kappa shape index (κ2) is 6.85. The van der Waals surface area contributed by atoms with Crippen LogP contribution in [-0.4, -0.2) is 34.2 Å². The fraction of sp³-hybridized carbons (Fsp3) is 0.182. The van der Waals surface area contributed by atoms with Crippen molar-refractivity contribution in [2.75, 3.05) is 5.32 Å². The summed E-state index contributed by atoms with van der Waals surface area (Å²) in [4.78, 5) is 32.8. The van der Waals surface area contributed by atoms with E-state index in [-0.39, 0.29) is 10.2 Å². The molecule has 1 unspecified atom stereocenters. The molecule has 0 aromatic heterocycles. The Morgan fingerprint density at radius 2 is 1.95 bits per heavy atom. The number of para-hydroxylation sites is 1. The predicted molar refractivity (Wildman–Crippen MR) is 69.9 cm³/mol. The maximum Gasteiger partial charge on any atom is 0.326 e. The molecule has 0 radical (unpaired) electrons. The van der Waals surface area contributed by atoms with Gasteiger partial charge in [-0.25, -0.2) is 14.0 Å². The van der Waals surface area contributed by atoms with E-state index in [1.165, 1.54) is 12.1 Å². The molecular weight excluding hydrogens is 339 g/mol. The van der Waals surface area contributed by atoms with E-state index in [1.807, 2.05) is 5.32 Å². The number of urea groups is 1. The first-order chi connectivity index (χ1) is 9.31. The molecule has 20 heavy (non-hydrogen) atoms. The number of aliphatic carboxylic acids is 2. The van der Waals surface area contributed by atoms with Crippen LogP contribution >= 0.6 is 15.9 Å². The van der Waals surface area contributed by atoms with E-state index < -0.39 is 36.2 Å². The van der Waals surface area contributed by atoms with Crippen molar-refractivity contribution in [2.24, 2.45) is 0 Å². The number of hydrogen-bond acceptors (Lipinski definition) is 3. The molecule has 0 aliphatic carbocycles. The van der Waals surface area contributed by atoms with Gasteiger partial charge in [0.05, 0.1) is 12.1 Å². The molecule has 7 nitrogen and oxygen atoms in total. The second-order valence-corrected chi connectivity index (χ2v) is 4.54. The summed E-state index contributed by atoms with van der Waals surface area (Å²) >= 11 is 3.02. The van der Waals surface area contributed by atoms with Gasteiger partial charge in [-0.3, -0.25) is 4.79 Å². The number of carbonyl (C=O) groups is 3. The van der Waals surface area contributed by atoms with Crippen LogP contribution in [0.2, 0.25) is 0 Å². The van der Waals surface area contributed by atoms with Crippen molar-refractivity contribution in [3.05, 3.63) is 28.5 Å².